The summed E-state index contributed by atoms with van der Waals surface area (Å²) in [5.41, 5.74) is 4.61. The summed E-state index contributed by atoms with van der Waals surface area (Å²) in [7, 11) is 0. The van der Waals surface area contributed by atoms with Crippen LogP contribution in [0.15, 0.2) is 18.2 Å². The topological polar surface area (TPSA) is 23.5 Å². The number of allylic oxidation sites excluding steroid dienone is 1. The average Bonchev–Trinajstić information content (AvgIpc) is 2.21. The van der Waals surface area contributed by atoms with Gasteiger partial charge in [0, 0.05) is 23.9 Å². The molecule has 0 bridgehead atoms. The molecule has 0 saturated heterocycles. The molecule has 1 aromatic rings. The molecule has 0 aromatic heterocycles. The second-order valence-electron chi connectivity index (χ2n) is 5.38. The summed E-state index contributed by atoms with van der Waals surface area (Å²) in [6, 6.07) is 3.97. The number of aryl methyl sites for hydroxylation is 1. The summed E-state index contributed by atoms with van der Waals surface area (Å²) < 4.78 is 0. The standard InChI is InChI=1S/C15H21NO/c1-6-16-13-8-14(17)10(2)7-12(13)11(3)9-15(16,4)5/h7-9,17H,6H2,1-5H3. The van der Waals surface area contributed by atoms with Gasteiger partial charge in [-0.1, -0.05) is 6.08 Å². The summed E-state index contributed by atoms with van der Waals surface area (Å²) in [5, 5.41) is 9.90. The van der Waals surface area contributed by atoms with E-state index in [4.69, 9.17) is 0 Å². The highest BCUT2D eigenvalue weighted by Crippen LogP contribution is 2.41. The first-order chi connectivity index (χ1) is 7.86. The molecule has 0 atom stereocenters. The molecule has 1 aliphatic heterocycles. The number of phenols is 1. The Bertz CT molecular complexity index is 486. The number of benzene rings is 1. The number of aromatic hydroxyl groups is 1. The van der Waals surface area contributed by atoms with Gasteiger partial charge in [-0.25, -0.2) is 0 Å². The first kappa shape index (κ1) is 12.0. The van der Waals surface area contributed by atoms with Crippen LogP contribution in [-0.2, 0) is 0 Å². The van der Waals surface area contributed by atoms with Gasteiger partial charge in [-0.15, -0.1) is 0 Å². The van der Waals surface area contributed by atoms with Crippen molar-refractivity contribution >= 4 is 11.3 Å². The summed E-state index contributed by atoms with van der Waals surface area (Å²) in [4.78, 5) is 2.33. The summed E-state index contributed by atoms with van der Waals surface area (Å²) in [5.74, 6) is 0.382. The maximum absolute atomic E-state index is 9.90. The van der Waals surface area contributed by atoms with Gasteiger partial charge < -0.3 is 10.0 Å². The Balaban J connectivity index is 2.68. The summed E-state index contributed by atoms with van der Waals surface area (Å²) in [6.45, 7) is 11.6. The molecule has 0 radical (unpaired) electrons. The fraction of sp³-hybridized carbons (Fsp3) is 0.467. The number of hydrogen-bond donors (Lipinski definition) is 1. The van der Waals surface area contributed by atoms with E-state index < -0.39 is 0 Å². The predicted molar refractivity (Wildman–Crippen MR) is 73.6 cm³/mol. The van der Waals surface area contributed by atoms with E-state index in [2.05, 4.69) is 44.7 Å². The maximum atomic E-state index is 9.90. The van der Waals surface area contributed by atoms with Gasteiger partial charge in [0.25, 0.3) is 0 Å². The van der Waals surface area contributed by atoms with Crippen LogP contribution in [0.2, 0.25) is 0 Å². The van der Waals surface area contributed by atoms with Crippen LogP contribution >= 0.6 is 0 Å². The van der Waals surface area contributed by atoms with Crippen LogP contribution in [0.4, 0.5) is 5.69 Å². The van der Waals surface area contributed by atoms with Crippen molar-refractivity contribution in [1.29, 1.82) is 0 Å². The van der Waals surface area contributed by atoms with Crippen LogP contribution in [0.25, 0.3) is 5.57 Å². The van der Waals surface area contributed by atoms with E-state index in [9.17, 15) is 5.11 Å². The first-order valence-electron chi connectivity index (χ1n) is 6.18. The van der Waals surface area contributed by atoms with Gasteiger partial charge >= 0.3 is 0 Å². The molecule has 1 N–H and O–H groups in total. The molecule has 0 fully saturated rings. The zero-order chi connectivity index (χ0) is 12.8. The molecular weight excluding hydrogens is 210 g/mol. The lowest BCUT2D eigenvalue weighted by atomic mass is 9.88. The van der Waals surface area contributed by atoms with Crippen LogP contribution in [0, 0.1) is 6.92 Å². The third-order valence-electron chi connectivity index (χ3n) is 3.61. The number of phenolic OH excluding ortho intramolecular Hbond substituents is 1. The molecule has 2 heteroatoms. The van der Waals surface area contributed by atoms with Crippen molar-refractivity contribution < 1.29 is 5.11 Å². The maximum Gasteiger partial charge on any atom is 0.120 e. The minimum atomic E-state index is 0.00747. The number of hydrogen-bond acceptors (Lipinski definition) is 2. The minimum Gasteiger partial charge on any atom is -0.508 e. The number of likely N-dealkylation sites (N-methyl/N-ethyl adjacent to an activating group) is 1. The number of rotatable bonds is 1. The lowest BCUT2D eigenvalue weighted by molar-refractivity contribution is 0.469. The smallest absolute Gasteiger partial charge is 0.120 e. The van der Waals surface area contributed by atoms with Gasteiger partial charge in [-0.2, -0.15) is 0 Å². The van der Waals surface area contributed by atoms with Gasteiger partial charge in [0.15, 0.2) is 0 Å². The van der Waals surface area contributed by atoms with Crippen molar-refractivity contribution in [2.75, 3.05) is 11.4 Å². The van der Waals surface area contributed by atoms with Gasteiger partial charge in [0.05, 0.1) is 5.54 Å². The molecule has 0 amide bonds. The van der Waals surface area contributed by atoms with Crippen molar-refractivity contribution in [3.05, 3.63) is 29.3 Å². The number of fused-ring (bicyclic) bond motifs is 1. The van der Waals surface area contributed by atoms with Crippen LogP contribution in [-0.4, -0.2) is 17.2 Å². The Hall–Kier alpha value is -1.44. The second-order valence-corrected chi connectivity index (χ2v) is 5.38. The molecule has 1 aromatic carbocycles. The van der Waals surface area contributed by atoms with Gasteiger partial charge in [0.2, 0.25) is 0 Å². The van der Waals surface area contributed by atoms with E-state index in [-0.39, 0.29) is 5.54 Å². The van der Waals surface area contributed by atoms with E-state index in [0.29, 0.717) is 5.75 Å². The molecule has 0 spiro atoms. The second kappa shape index (κ2) is 3.80. The zero-order valence-corrected chi connectivity index (χ0v) is 11.3. The number of anilines is 1. The summed E-state index contributed by atoms with van der Waals surface area (Å²) >= 11 is 0. The Kier molecular flexibility index (Phi) is 2.69. The Morgan fingerprint density at radius 2 is 1.88 bits per heavy atom. The Morgan fingerprint density at radius 3 is 2.47 bits per heavy atom. The SMILES string of the molecule is CCN1c2cc(O)c(C)cc2C(C)=CC1(C)C. The van der Waals surface area contributed by atoms with Gasteiger partial charge in [-0.3, -0.25) is 0 Å². The van der Waals surface area contributed by atoms with Crippen LogP contribution in [0.3, 0.4) is 0 Å². The quantitative estimate of drug-likeness (QED) is 0.796. The molecule has 2 rings (SSSR count). The predicted octanol–water partition coefficient (Wildman–Crippen LogP) is 3.72. The van der Waals surface area contributed by atoms with Gasteiger partial charge in [0.1, 0.15) is 5.75 Å². The molecule has 1 heterocycles. The fourth-order valence-electron chi connectivity index (χ4n) is 2.80. The van der Waals surface area contributed by atoms with Crippen molar-refractivity contribution in [1.82, 2.24) is 0 Å². The Labute approximate surface area is 104 Å². The van der Waals surface area contributed by atoms with E-state index >= 15 is 0 Å². The molecule has 1 aliphatic rings. The molecule has 92 valence electrons. The summed E-state index contributed by atoms with van der Waals surface area (Å²) in [6.07, 6.45) is 2.30. The van der Waals surface area contributed by atoms with Crippen molar-refractivity contribution in [2.45, 2.75) is 40.2 Å². The Morgan fingerprint density at radius 1 is 1.24 bits per heavy atom. The molecular formula is C15H21NO. The van der Waals surface area contributed by atoms with Crippen molar-refractivity contribution in [3.8, 4) is 5.75 Å². The fourth-order valence-corrected chi connectivity index (χ4v) is 2.80. The van der Waals surface area contributed by atoms with Crippen molar-refractivity contribution in [3.63, 3.8) is 0 Å². The van der Waals surface area contributed by atoms with Gasteiger partial charge in [-0.05, 0) is 51.8 Å². The van der Waals surface area contributed by atoms with Crippen LogP contribution < -0.4 is 4.90 Å². The lowest BCUT2D eigenvalue weighted by Crippen LogP contribution is -2.44. The third-order valence-corrected chi connectivity index (χ3v) is 3.61. The average molecular weight is 231 g/mol. The highest BCUT2D eigenvalue weighted by Gasteiger charge is 2.30. The first-order valence-corrected chi connectivity index (χ1v) is 6.18. The normalized spacial score (nSPS) is 17.7. The van der Waals surface area contributed by atoms with Crippen molar-refractivity contribution in [2.24, 2.45) is 0 Å². The van der Waals surface area contributed by atoms with E-state index in [1.54, 1.807) is 0 Å². The molecule has 0 saturated carbocycles. The molecule has 0 unspecified atom stereocenters. The van der Waals surface area contributed by atoms with E-state index in [0.717, 1.165) is 17.8 Å². The molecule has 2 nitrogen and oxygen atoms in total. The van der Waals surface area contributed by atoms with E-state index in [1.165, 1.54) is 11.1 Å². The highest BCUT2D eigenvalue weighted by molar-refractivity contribution is 5.82. The monoisotopic (exact) mass is 231 g/mol. The molecule has 17 heavy (non-hydrogen) atoms. The van der Waals surface area contributed by atoms with Crippen LogP contribution in [0.5, 0.6) is 5.75 Å². The number of nitrogens with zero attached hydrogens (tertiary/aromatic N) is 1. The van der Waals surface area contributed by atoms with E-state index in [1.807, 2.05) is 13.0 Å². The zero-order valence-electron chi connectivity index (χ0n) is 11.3. The third kappa shape index (κ3) is 1.82. The van der Waals surface area contributed by atoms with Crippen LogP contribution in [0.1, 0.15) is 38.8 Å². The highest BCUT2D eigenvalue weighted by atomic mass is 16.3. The molecule has 0 aliphatic carbocycles. The largest absolute Gasteiger partial charge is 0.508 e. The minimum absolute atomic E-state index is 0.00747. The lowest BCUT2D eigenvalue weighted by Gasteiger charge is -2.43.